The standard InChI is InChI=1S/C30H33ClFN3O4S/c1-2-28(30(37)33-25-8-6-7-9-25)34(20-22-12-16-24(32)17-13-22)29(36)21-35(26-10-4-3-5-11-26)40(38,39)27-18-14-23(31)15-19-27/h3-5,10-19,25,28H,2,6-9,20-21H2,1H3,(H,33,37). The van der Waals surface area contributed by atoms with Crippen LogP contribution in [-0.4, -0.2) is 43.8 Å². The summed E-state index contributed by atoms with van der Waals surface area (Å²) in [5.41, 5.74) is 0.921. The van der Waals surface area contributed by atoms with Crippen LogP contribution in [-0.2, 0) is 26.2 Å². The first-order valence-electron chi connectivity index (χ1n) is 13.4. The number of benzene rings is 3. The highest BCUT2D eigenvalue weighted by molar-refractivity contribution is 7.92. The van der Waals surface area contributed by atoms with E-state index < -0.39 is 34.3 Å². The largest absolute Gasteiger partial charge is 0.352 e. The van der Waals surface area contributed by atoms with E-state index in [0.29, 0.717) is 22.7 Å². The molecule has 0 aliphatic heterocycles. The quantitative estimate of drug-likeness (QED) is 0.320. The van der Waals surface area contributed by atoms with Crippen molar-refractivity contribution < 1.29 is 22.4 Å². The minimum absolute atomic E-state index is 0.0132. The van der Waals surface area contributed by atoms with Crippen molar-refractivity contribution in [2.75, 3.05) is 10.8 Å². The molecule has 7 nitrogen and oxygen atoms in total. The monoisotopic (exact) mass is 585 g/mol. The number of hydrogen-bond acceptors (Lipinski definition) is 4. The van der Waals surface area contributed by atoms with Gasteiger partial charge in [0.2, 0.25) is 11.8 Å². The number of halogens is 2. The zero-order chi connectivity index (χ0) is 28.7. The van der Waals surface area contributed by atoms with Crippen LogP contribution in [0.5, 0.6) is 0 Å². The second-order valence-corrected chi connectivity index (χ2v) is 12.2. The predicted molar refractivity (Wildman–Crippen MR) is 154 cm³/mol. The Bertz CT molecular complexity index is 1400. The lowest BCUT2D eigenvalue weighted by molar-refractivity contribution is -0.140. The number of carbonyl (C=O) groups excluding carboxylic acids is 2. The molecule has 10 heteroatoms. The molecule has 40 heavy (non-hydrogen) atoms. The van der Waals surface area contributed by atoms with Gasteiger partial charge in [-0.1, -0.05) is 61.7 Å². The number of rotatable bonds is 11. The van der Waals surface area contributed by atoms with Crippen LogP contribution in [0.25, 0.3) is 0 Å². The molecule has 1 unspecified atom stereocenters. The third-order valence-electron chi connectivity index (χ3n) is 7.08. The molecule has 2 amide bonds. The minimum Gasteiger partial charge on any atom is -0.352 e. The number of carbonyl (C=O) groups is 2. The van der Waals surface area contributed by atoms with Gasteiger partial charge >= 0.3 is 0 Å². The number of nitrogens with zero attached hydrogens (tertiary/aromatic N) is 2. The molecule has 0 spiro atoms. The lowest BCUT2D eigenvalue weighted by Crippen LogP contribution is -2.53. The van der Waals surface area contributed by atoms with E-state index in [0.717, 1.165) is 30.0 Å². The first kappa shape index (κ1) is 29.6. The number of hydrogen-bond donors (Lipinski definition) is 1. The van der Waals surface area contributed by atoms with Gasteiger partial charge in [0.1, 0.15) is 18.4 Å². The molecule has 4 rings (SSSR count). The highest BCUT2D eigenvalue weighted by Gasteiger charge is 2.34. The third kappa shape index (κ3) is 7.20. The molecular weight excluding hydrogens is 553 g/mol. The second kappa shape index (κ2) is 13.3. The van der Waals surface area contributed by atoms with E-state index in [1.807, 2.05) is 6.92 Å². The molecule has 0 aromatic heterocycles. The molecule has 0 bridgehead atoms. The number of anilines is 1. The predicted octanol–water partition coefficient (Wildman–Crippen LogP) is 5.54. The van der Waals surface area contributed by atoms with Crippen LogP contribution in [0.1, 0.15) is 44.6 Å². The van der Waals surface area contributed by atoms with Crippen LogP contribution >= 0.6 is 11.6 Å². The Balaban J connectivity index is 1.68. The highest BCUT2D eigenvalue weighted by atomic mass is 35.5. The van der Waals surface area contributed by atoms with Gasteiger partial charge in [-0.05, 0) is 73.4 Å². The van der Waals surface area contributed by atoms with Gasteiger partial charge in [0.05, 0.1) is 10.6 Å². The van der Waals surface area contributed by atoms with Crippen molar-refractivity contribution in [1.82, 2.24) is 10.2 Å². The Morgan fingerprint density at radius 2 is 1.60 bits per heavy atom. The Labute approximate surface area is 240 Å². The zero-order valence-electron chi connectivity index (χ0n) is 22.3. The summed E-state index contributed by atoms with van der Waals surface area (Å²) < 4.78 is 42.2. The molecule has 1 aliphatic rings. The van der Waals surface area contributed by atoms with Gasteiger partial charge in [-0.15, -0.1) is 0 Å². The maximum atomic E-state index is 14.0. The molecular formula is C30H33ClFN3O4S. The number of amides is 2. The lowest BCUT2D eigenvalue weighted by Gasteiger charge is -2.33. The molecule has 212 valence electrons. The zero-order valence-corrected chi connectivity index (χ0v) is 23.9. The summed E-state index contributed by atoms with van der Waals surface area (Å²) in [4.78, 5) is 28.8. The fourth-order valence-electron chi connectivity index (χ4n) is 4.93. The van der Waals surface area contributed by atoms with Crippen molar-refractivity contribution in [2.45, 2.75) is 62.6 Å². The molecule has 0 saturated heterocycles. The van der Waals surface area contributed by atoms with Gasteiger partial charge in [-0.25, -0.2) is 12.8 Å². The van der Waals surface area contributed by atoms with E-state index in [1.54, 1.807) is 42.5 Å². The van der Waals surface area contributed by atoms with Crippen molar-refractivity contribution in [3.05, 3.63) is 95.3 Å². The SMILES string of the molecule is CCC(C(=O)NC1CCCC1)N(Cc1ccc(F)cc1)C(=O)CN(c1ccccc1)S(=O)(=O)c1ccc(Cl)cc1. The lowest BCUT2D eigenvalue weighted by atomic mass is 10.1. The smallest absolute Gasteiger partial charge is 0.264 e. The van der Waals surface area contributed by atoms with E-state index in [1.165, 1.54) is 41.3 Å². The fraction of sp³-hybridized carbons (Fsp3) is 0.333. The minimum atomic E-state index is -4.17. The van der Waals surface area contributed by atoms with Gasteiger partial charge in [-0.3, -0.25) is 13.9 Å². The van der Waals surface area contributed by atoms with Crippen molar-refractivity contribution >= 4 is 39.1 Å². The summed E-state index contributed by atoms with van der Waals surface area (Å²) in [5.74, 6) is -1.26. The van der Waals surface area contributed by atoms with Crippen LogP contribution in [0.3, 0.4) is 0 Å². The third-order valence-corrected chi connectivity index (χ3v) is 9.12. The summed E-state index contributed by atoms with van der Waals surface area (Å²) >= 11 is 5.98. The summed E-state index contributed by atoms with van der Waals surface area (Å²) in [6, 6.07) is 19.0. The first-order chi connectivity index (χ1) is 19.2. The number of para-hydroxylation sites is 1. The molecule has 0 heterocycles. The second-order valence-electron chi connectivity index (χ2n) is 9.86. The van der Waals surface area contributed by atoms with Crippen molar-refractivity contribution in [1.29, 1.82) is 0 Å². The highest BCUT2D eigenvalue weighted by Crippen LogP contribution is 2.26. The molecule has 1 fully saturated rings. The van der Waals surface area contributed by atoms with E-state index in [9.17, 15) is 22.4 Å². The van der Waals surface area contributed by atoms with E-state index >= 15 is 0 Å². The molecule has 1 saturated carbocycles. The molecule has 0 radical (unpaired) electrons. The van der Waals surface area contributed by atoms with Crippen LogP contribution in [0, 0.1) is 5.82 Å². The van der Waals surface area contributed by atoms with Crippen LogP contribution in [0.4, 0.5) is 10.1 Å². The van der Waals surface area contributed by atoms with E-state index in [-0.39, 0.29) is 23.4 Å². The topological polar surface area (TPSA) is 86.8 Å². The molecule has 1 atom stereocenters. The molecule has 3 aromatic carbocycles. The van der Waals surface area contributed by atoms with Gasteiger partial charge < -0.3 is 10.2 Å². The summed E-state index contributed by atoms with van der Waals surface area (Å²) in [6.45, 7) is 1.28. The molecule has 1 aliphatic carbocycles. The number of sulfonamides is 1. The average molecular weight is 586 g/mol. The average Bonchev–Trinajstić information content (AvgIpc) is 3.46. The van der Waals surface area contributed by atoms with Crippen molar-refractivity contribution in [3.63, 3.8) is 0 Å². The molecule has 3 aromatic rings. The molecule has 1 N–H and O–H groups in total. The fourth-order valence-corrected chi connectivity index (χ4v) is 6.47. The summed E-state index contributed by atoms with van der Waals surface area (Å²) in [6.07, 6.45) is 4.16. The van der Waals surface area contributed by atoms with Gasteiger partial charge in [0, 0.05) is 17.6 Å². The van der Waals surface area contributed by atoms with Gasteiger partial charge in [0.25, 0.3) is 10.0 Å². The van der Waals surface area contributed by atoms with E-state index in [2.05, 4.69) is 5.32 Å². The summed E-state index contributed by atoms with van der Waals surface area (Å²) in [5, 5.41) is 3.45. The van der Waals surface area contributed by atoms with Gasteiger partial charge in [-0.2, -0.15) is 0 Å². The van der Waals surface area contributed by atoms with Crippen LogP contribution < -0.4 is 9.62 Å². The summed E-state index contributed by atoms with van der Waals surface area (Å²) in [7, 11) is -4.17. The van der Waals surface area contributed by atoms with Crippen molar-refractivity contribution in [2.24, 2.45) is 0 Å². The Kier molecular flexibility index (Phi) is 9.81. The van der Waals surface area contributed by atoms with E-state index in [4.69, 9.17) is 11.6 Å². The first-order valence-corrected chi connectivity index (χ1v) is 15.2. The Morgan fingerprint density at radius 3 is 2.20 bits per heavy atom. The maximum Gasteiger partial charge on any atom is 0.264 e. The Morgan fingerprint density at radius 1 is 0.975 bits per heavy atom. The van der Waals surface area contributed by atoms with Crippen LogP contribution in [0.15, 0.2) is 83.8 Å². The normalized spacial score (nSPS) is 14.5. The van der Waals surface area contributed by atoms with Crippen LogP contribution in [0.2, 0.25) is 5.02 Å². The maximum absolute atomic E-state index is 14.0. The van der Waals surface area contributed by atoms with Crippen molar-refractivity contribution in [3.8, 4) is 0 Å². The Hall–Kier alpha value is -3.43. The van der Waals surface area contributed by atoms with Gasteiger partial charge in [0.15, 0.2) is 0 Å². The number of nitrogens with one attached hydrogen (secondary N) is 1.